The quantitative estimate of drug-likeness (QED) is 0.323. The van der Waals surface area contributed by atoms with E-state index in [0.29, 0.717) is 0 Å². The highest BCUT2D eigenvalue weighted by Crippen LogP contribution is 2.27. The Hall–Kier alpha value is -0.860. The van der Waals surface area contributed by atoms with Crippen molar-refractivity contribution in [1.29, 1.82) is 0 Å². The minimum atomic E-state index is 1.13. The van der Waals surface area contributed by atoms with E-state index in [1.54, 1.807) is 0 Å². The van der Waals surface area contributed by atoms with Gasteiger partial charge in [0.15, 0.2) is 0 Å². The average molecular weight is 345 g/mol. The Morgan fingerprint density at radius 3 is 1.65 bits per heavy atom. The van der Waals surface area contributed by atoms with Crippen LogP contribution in [0.5, 0.6) is 0 Å². The van der Waals surface area contributed by atoms with Gasteiger partial charge in [-0.3, -0.25) is 0 Å². The number of unbranched alkanes of at least 4 members (excludes halogenated alkanes) is 4. The third-order valence-corrected chi connectivity index (χ3v) is 5.86. The van der Waals surface area contributed by atoms with Crippen molar-refractivity contribution in [2.75, 3.05) is 11.5 Å². The second-order valence-electron chi connectivity index (χ2n) is 5.74. The maximum atomic E-state index is 2.27. The first kappa shape index (κ1) is 18.5. The summed E-state index contributed by atoms with van der Waals surface area (Å²) in [5.74, 6) is 2.37. The smallest absolute Gasteiger partial charge is 0.00723 e. The summed E-state index contributed by atoms with van der Waals surface area (Å²) in [6, 6.07) is 17.9. The zero-order valence-electron chi connectivity index (χ0n) is 14.4. The summed E-state index contributed by atoms with van der Waals surface area (Å²) in [6.45, 7) is 4.46. The molecule has 0 aliphatic heterocycles. The molecule has 0 saturated heterocycles. The van der Waals surface area contributed by atoms with Gasteiger partial charge in [0.2, 0.25) is 0 Å². The molecule has 0 spiro atoms. The lowest BCUT2D eigenvalue weighted by atomic mass is 10.1. The molecule has 0 nitrogen and oxygen atoms in total. The topological polar surface area (TPSA) is 0 Å². The third-order valence-electron chi connectivity index (χ3n) is 3.87. The van der Waals surface area contributed by atoms with E-state index in [1.807, 2.05) is 23.5 Å². The van der Waals surface area contributed by atoms with Gasteiger partial charge in [-0.25, -0.2) is 0 Å². The molecule has 0 amide bonds. The highest BCUT2D eigenvalue weighted by Gasteiger charge is 2.00. The molecule has 2 heteroatoms. The van der Waals surface area contributed by atoms with Crippen LogP contribution >= 0.6 is 23.5 Å². The second kappa shape index (κ2) is 10.8. The fourth-order valence-corrected chi connectivity index (χ4v) is 4.12. The predicted octanol–water partition coefficient (Wildman–Crippen LogP) is 7.53. The van der Waals surface area contributed by atoms with Gasteiger partial charge < -0.3 is 0 Å². The van der Waals surface area contributed by atoms with E-state index in [4.69, 9.17) is 0 Å². The fourth-order valence-electron chi connectivity index (χ4n) is 2.55. The molecule has 0 bridgehead atoms. The molecule has 0 aliphatic carbocycles. The van der Waals surface area contributed by atoms with Gasteiger partial charge in [-0.05, 0) is 53.3 Å². The number of thioether (sulfide) groups is 2. The molecule has 0 aromatic heterocycles. The summed E-state index contributed by atoms with van der Waals surface area (Å²) in [4.78, 5) is 2.74. The van der Waals surface area contributed by atoms with Gasteiger partial charge in [0, 0.05) is 9.79 Å². The number of rotatable bonds is 10. The number of benzene rings is 2. The summed E-state index contributed by atoms with van der Waals surface area (Å²) in [7, 11) is 0. The van der Waals surface area contributed by atoms with Crippen LogP contribution in [0, 0.1) is 0 Å². The van der Waals surface area contributed by atoms with Crippen LogP contribution < -0.4 is 0 Å². The van der Waals surface area contributed by atoms with E-state index in [2.05, 4.69) is 62.4 Å². The second-order valence-corrected chi connectivity index (χ2v) is 8.25. The molecule has 0 unspecified atom stereocenters. The molecule has 0 fully saturated rings. The van der Waals surface area contributed by atoms with Crippen LogP contribution in [0.25, 0.3) is 11.1 Å². The van der Waals surface area contributed by atoms with E-state index in [9.17, 15) is 0 Å². The molecular formula is C21H28S2. The first-order valence-electron chi connectivity index (χ1n) is 8.79. The van der Waals surface area contributed by atoms with Crippen molar-refractivity contribution >= 4 is 23.5 Å². The van der Waals surface area contributed by atoms with Crippen LogP contribution in [0.1, 0.15) is 46.0 Å². The van der Waals surface area contributed by atoms with Gasteiger partial charge in [0.05, 0.1) is 0 Å². The van der Waals surface area contributed by atoms with Crippen LogP contribution in [0.4, 0.5) is 0 Å². The average Bonchev–Trinajstić information content (AvgIpc) is 2.60. The molecule has 0 N–H and O–H groups in total. The van der Waals surface area contributed by atoms with Gasteiger partial charge in [0.25, 0.3) is 0 Å². The van der Waals surface area contributed by atoms with Crippen molar-refractivity contribution in [3.8, 4) is 11.1 Å². The monoisotopic (exact) mass is 344 g/mol. The van der Waals surface area contributed by atoms with E-state index >= 15 is 0 Å². The lowest BCUT2D eigenvalue weighted by molar-refractivity contribution is 0.659. The number of hydrogen-bond acceptors (Lipinski definition) is 2. The Morgan fingerprint density at radius 2 is 1.13 bits per heavy atom. The fraction of sp³-hybridized carbons (Fsp3) is 0.429. The van der Waals surface area contributed by atoms with Crippen LogP contribution in [0.15, 0.2) is 58.3 Å². The van der Waals surface area contributed by atoms with Gasteiger partial charge in [-0.1, -0.05) is 63.8 Å². The van der Waals surface area contributed by atoms with Crippen molar-refractivity contribution < 1.29 is 0 Å². The van der Waals surface area contributed by atoms with Gasteiger partial charge in [0.1, 0.15) is 0 Å². The molecule has 124 valence electrons. The summed E-state index contributed by atoms with van der Waals surface area (Å²) >= 11 is 3.88. The van der Waals surface area contributed by atoms with Crippen molar-refractivity contribution in [3.63, 3.8) is 0 Å². The predicted molar refractivity (Wildman–Crippen MR) is 108 cm³/mol. The summed E-state index contributed by atoms with van der Waals surface area (Å²) in [5, 5.41) is 0. The first-order valence-corrected chi connectivity index (χ1v) is 10.8. The molecule has 2 aromatic carbocycles. The van der Waals surface area contributed by atoms with Crippen LogP contribution in [0.2, 0.25) is 0 Å². The molecule has 23 heavy (non-hydrogen) atoms. The van der Waals surface area contributed by atoms with E-state index in [-0.39, 0.29) is 0 Å². The summed E-state index contributed by atoms with van der Waals surface area (Å²) in [6.07, 6.45) is 6.81. The molecule has 0 atom stereocenters. The SMILES string of the molecule is CCCCCCCSc1ccc(-c2ccc(SCC)cc2)cc1. The van der Waals surface area contributed by atoms with Crippen LogP contribution in [-0.2, 0) is 0 Å². The molecule has 0 heterocycles. The highest BCUT2D eigenvalue weighted by atomic mass is 32.2. The maximum Gasteiger partial charge on any atom is 0.00723 e. The Kier molecular flexibility index (Phi) is 8.70. The first-order chi connectivity index (χ1) is 11.3. The lowest BCUT2D eigenvalue weighted by Crippen LogP contribution is -1.83. The van der Waals surface area contributed by atoms with E-state index in [1.165, 1.54) is 58.8 Å². The van der Waals surface area contributed by atoms with Gasteiger partial charge in [-0.2, -0.15) is 0 Å². The van der Waals surface area contributed by atoms with Crippen LogP contribution in [-0.4, -0.2) is 11.5 Å². The molecule has 0 aliphatic rings. The Balaban J connectivity index is 1.81. The number of hydrogen-bond donors (Lipinski definition) is 0. The van der Waals surface area contributed by atoms with Crippen molar-refractivity contribution in [3.05, 3.63) is 48.5 Å². The van der Waals surface area contributed by atoms with E-state index < -0.39 is 0 Å². The zero-order chi connectivity index (χ0) is 16.3. The standard InChI is InChI=1S/C21H28S2/c1-3-5-6-7-8-17-23-21-15-11-19(12-16-21)18-9-13-20(14-10-18)22-4-2/h9-16H,3-8,17H2,1-2H3. The minimum Gasteiger partial charge on any atom is -0.126 e. The minimum absolute atomic E-state index is 1.13. The largest absolute Gasteiger partial charge is 0.126 e. The lowest BCUT2D eigenvalue weighted by Gasteiger charge is -2.06. The normalized spacial score (nSPS) is 10.9. The molecule has 2 aromatic rings. The molecule has 2 rings (SSSR count). The zero-order valence-corrected chi connectivity index (χ0v) is 16.0. The van der Waals surface area contributed by atoms with E-state index in [0.717, 1.165) is 5.75 Å². The maximum absolute atomic E-state index is 2.27. The molecule has 0 radical (unpaired) electrons. The highest BCUT2D eigenvalue weighted by molar-refractivity contribution is 7.99. The molecule has 0 saturated carbocycles. The van der Waals surface area contributed by atoms with Gasteiger partial charge in [-0.15, -0.1) is 23.5 Å². The molecular weight excluding hydrogens is 316 g/mol. The van der Waals surface area contributed by atoms with Crippen molar-refractivity contribution in [1.82, 2.24) is 0 Å². The Morgan fingerprint density at radius 1 is 0.609 bits per heavy atom. The van der Waals surface area contributed by atoms with Crippen molar-refractivity contribution in [2.45, 2.75) is 55.7 Å². The summed E-state index contributed by atoms with van der Waals surface area (Å²) in [5.41, 5.74) is 2.62. The Bertz CT molecular complexity index is 543. The summed E-state index contributed by atoms with van der Waals surface area (Å²) < 4.78 is 0. The Labute approximate surface area is 150 Å². The third kappa shape index (κ3) is 6.64. The van der Waals surface area contributed by atoms with Crippen molar-refractivity contribution in [2.24, 2.45) is 0 Å². The van der Waals surface area contributed by atoms with Crippen LogP contribution in [0.3, 0.4) is 0 Å². The van der Waals surface area contributed by atoms with Gasteiger partial charge >= 0.3 is 0 Å².